The van der Waals surface area contributed by atoms with E-state index in [0.29, 0.717) is 19.3 Å². The number of amides is 1. The first kappa shape index (κ1) is 48.0. The molecule has 4 atom stereocenters. The number of hydrogen-bond acceptors (Lipinski definition) is 11. The summed E-state index contributed by atoms with van der Waals surface area (Å²) in [6.45, 7) is 10.6. The average molecular weight is 710 g/mol. The van der Waals surface area contributed by atoms with Crippen molar-refractivity contribution >= 4 is 17.8 Å². The fourth-order valence-electron chi connectivity index (χ4n) is 4.56. The molecule has 1 aromatic carbocycles. The number of carboxylic acids is 1. The second kappa shape index (κ2) is 29.8. The van der Waals surface area contributed by atoms with Gasteiger partial charge in [-0.1, -0.05) is 68.5 Å². The van der Waals surface area contributed by atoms with Crippen LogP contribution in [0.2, 0.25) is 0 Å². The molecule has 0 bridgehead atoms. The molecule has 284 valence electrons. The molecule has 2 aliphatic rings. The Bertz CT molecular complexity index is 1190. The Kier molecular flexibility index (Phi) is 28.6. The number of aliphatic carboxylic acids is 1. The summed E-state index contributed by atoms with van der Waals surface area (Å²) in [5.41, 5.74) is 3.02. The van der Waals surface area contributed by atoms with Gasteiger partial charge in [0.15, 0.2) is 0 Å². The number of methoxy groups -OCH3 is 3. The Balaban J connectivity index is 0. The summed E-state index contributed by atoms with van der Waals surface area (Å²) < 4.78 is 19.5. The van der Waals surface area contributed by atoms with Gasteiger partial charge in [-0.2, -0.15) is 0 Å². The summed E-state index contributed by atoms with van der Waals surface area (Å²) in [7, 11) is 7.55. The number of rotatable bonds is 13. The first-order valence-corrected chi connectivity index (χ1v) is 16.6. The fourth-order valence-corrected chi connectivity index (χ4v) is 4.56. The molecule has 1 aliphatic heterocycles. The van der Waals surface area contributed by atoms with Crippen LogP contribution >= 0.6 is 0 Å². The Labute approximate surface area is 297 Å². The predicted octanol–water partition coefficient (Wildman–Crippen LogP) is 4.81. The second-order valence-corrected chi connectivity index (χ2v) is 10.5. The molecular formula is C36H59N3O11. The smallest absolute Gasteiger partial charge is 0.329 e. The number of carbonyl (C=O) groups excluding carboxylic acids is 2. The maximum Gasteiger partial charge on any atom is 0.329 e. The van der Waals surface area contributed by atoms with Gasteiger partial charge >= 0.3 is 11.9 Å². The van der Waals surface area contributed by atoms with Gasteiger partial charge in [-0.05, 0) is 56.7 Å². The zero-order valence-corrected chi connectivity index (χ0v) is 31.4. The lowest BCUT2D eigenvalue weighted by molar-refractivity contribution is -0.749. The molecule has 1 aliphatic carbocycles. The van der Waals surface area contributed by atoms with Crippen molar-refractivity contribution < 1.29 is 48.4 Å². The van der Waals surface area contributed by atoms with E-state index in [2.05, 4.69) is 19.6 Å². The van der Waals surface area contributed by atoms with Crippen molar-refractivity contribution in [3.8, 4) is 0 Å². The Morgan fingerprint density at radius 1 is 1.00 bits per heavy atom. The van der Waals surface area contributed by atoms with Gasteiger partial charge in [-0.15, -0.1) is 10.1 Å². The van der Waals surface area contributed by atoms with E-state index in [9.17, 15) is 19.5 Å². The third kappa shape index (κ3) is 19.8. The van der Waals surface area contributed by atoms with Gasteiger partial charge in [0.25, 0.3) is 5.09 Å². The number of nitrogens with one attached hydrogen (secondary N) is 1. The van der Waals surface area contributed by atoms with E-state index in [4.69, 9.17) is 19.6 Å². The van der Waals surface area contributed by atoms with Crippen molar-refractivity contribution in [3.63, 3.8) is 0 Å². The van der Waals surface area contributed by atoms with E-state index in [1.807, 2.05) is 75.4 Å². The number of allylic oxidation sites excluding steroid dienone is 1. The third-order valence-corrected chi connectivity index (χ3v) is 6.99. The van der Waals surface area contributed by atoms with Gasteiger partial charge in [-0.25, -0.2) is 4.79 Å². The van der Waals surface area contributed by atoms with Crippen molar-refractivity contribution in [2.24, 2.45) is 0 Å². The molecule has 0 radical (unpaired) electrons. The highest BCUT2D eigenvalue weighted by Crippen LogP contribution is 2.29. The maximum absolute atomic E-state index is 13.5. The summed E-state index contributed by atoms with van der Waals surface area (Å²) in [6, 6.07) is 7.42. The van der Waals surface area contributed by atoms with E-state index >= 15 is 0 Å². The highest BCUT2D eigenvalue weighted by Gasteiger charge is 2.38. The Hall–Kier alpha value is -4.11. The number of esters is 1. The zero-order valence-electron chi connectivity index (χ0n) is 31.4. The van der Waals surface area contributed by atoms with Crippen LogP contribution in [-0.4, -0.2) is 112 Å². The molecule has 0 saturated heterocycles. The quantitative estimate of drug-likeness (QED) is 0.163. The Morgan fingerprint density at radius 3 is 2.00 bits per heavy atom. The second-order valence-electron chi connectivity index (χ2n) is 10.5. The van der Waals surface area contributed by atoms with E-state index in [1.165, 1.54) is 4.90 Å². The van der Waals surface area contributed by atoms with Crippen LogP contribution in [0.3, 0.4) is 0 Å². The van der Waals surface area contributed by atoms with Crippen LogP contribution in [0.4, 0.5) is 0 Å². The van der Waals surface area contributed by atoms with Crippen molar-refractivity contribution in [1.82, 2.24) is 10.2 Å². The van der Waals surface area contributed by atoms with Crippen molar-refractivity contribution in [3.05, 3.63) is 81.5 Å². The van der Waals surface area contributed by atoms with E-state index < -0.39 is 35.2 Å². The number of carboxylic acid groups (broad SMARTS) is 1. The molecule has 1 amide bonds. The van der Waals surface area contributed by atoms with Crippen LogP contribution in [0.15, 0.2) is 65.8 Å². The molecule has 1 heterocycles. The van der Waals surface area contributed by atoms with Gasteiger partial charge in [0.1, 0.15) is 12.1 Å². The van der Waals surface area contributed by atoms with Crippen molar-refractivity contribution in [1.29, 1.82) is 0 Å². The lowest BCUT2D eigenvalue weighted by Gasteiger charge is -2.37. The molecule has 0 fully saturated rings. The fraction of sp³-hybridized carbons (Fsp3) is 0.583. The first-order chi connectivity index (χ1) is 23.9. The summed E-state index contributed by atoms with van der Waals surface area (Å²) in [6.07, 6.45) is 9.61. The van der Waals surface area contributed by atoms with E-state index in [-0.39, 0.29) is 25.2 Å². The van der Waals surface area contributed by atoms with Crippen LogP contribution in [0.5, 0.6) is 0 Å². The molecule has 50 heavy (non-hydrogen) atoms. The van der Waals surface area contributed by atoms with E-state index in [1.54, 1.807) is 42.3 Å². The highest BCUT2D eigenvalue weighted by molar-refractivity contribution is 5.89. The normalized spacial score (nSPS) is 16.8. The SMILES string of the molecule is CC.CCOC.CCOC(=O)C1CC2=C(C=CC(OC)C=C2)CN1C(=O)C(C)NC(CCCc1ccccc1)C(=O)O.COC.CO[N+](=O)[O-]. The molecule has 14 heteroatoms. The average Bonchev–Trinajstić information content (AvgIpc) is 3.34. The van der Waals surface area contributed by atoms with Gasteiger partial charge in [-0.3, -0.25) is 14.9 Å². The van der Waals surface area contributed by atoms with Crippen LogP contribution < -0.4 is 5.32 Å². The minimum atomic E-state index is -1.00. The number of benzene rings is 1. The van der Waals surface area contributed by atoms with Crippen LogP contribution in [0.25, 0.3) is 0 Å². The van der Waals surface area contributed by atoms with Gasteiger partial charge in [0.05, 0.1) is 25.9 Å². The summed E-state index contributed by atoms with van der Waals surface area (Å²) in [5.74, 6) is -1.80. The minimum absolute atomic E-state index is 0.186. The highest BCUT2D eigenvalue weighted by atomic mass is 16.9. The Morgan fingerprint density at radius 2 is 1.54 bits per heavy atom. The van der Waals surface area contributed by atoms with Gasteiger partial charge in [0, 0.05) is 48.0 Å². The zero-order chi connectivity index (χ0) is 38.5. The van der Waals surface area contributed by atoms with Crippen LogP contribution in [-0.2, 0) is 44.6 Å². The lowest BCUT2D eigenvalue weighted by Crippen LogP contribution is -2.56. The van der Waals surface area contributed by atoms with Crippen molar-refractivity contribution in [2.75, 3.05) is 55.3 Å². The molecule has 14 nitrogen and oxygen atoms in total. The molecule has 4 unspecified atom stereocenters. The van der Waals surface area contributed by atoms with E-state index in [0.717, 1.165) is 36.8 Å². The monoisotopic (exact) mass is 709 g/mol. The summed E-state index contributed by atoms with van der Waals surface area (Å²) in [4.78, 5) is 52.2. The number of ether oxygens (including phenoxy) is 4. The molecule has 0 spiro atoms. The number of aryl methyl sites for hydroxylation is 1. The maximum atomic E-state index is 13.5. The molecular weight excluding hydrogens is 650 g/mol. The lowest BCUT2D eigenvalue weighted by atomic mass is 9.93. The van der Waals surface area contributed by atoms with Crippen LogP contribution in [0.1, 0.15) is 59.4 Å². The predicted molar refractivity (Wildman–Crippen MR) is 192 cm³/mol. The molecule has 2 N–H and O–H groups in total. The van der Waals surface area contributed by atoms with Crippen LogP contribution in [0, 0.1) is 10.1 Å². The third-order valence-electron chi connectivity index (χ3n) is 6.99. The van der Waals surface area contributed by atoms with Gasteiger partial charge < -0.3 is 33.8 Å². The molecule has 1 aromatic rings. The van der Waals surface area contributed by atoms with Crippen molar-refractivity contribution in [2.45, 2.75) is 84.5 Å². The first-order valence-electron chi connectivity index (χ1n) is 16.6. The topological polar surface area (TPSA) is 176 Å². The molecule has 3 rings (SSSR count). The summed E-state index contributed by atoms with van der Waals surface area (Å²) >= 11 is 0. The number of carbonyl (C=O) groups is 3. The largest absolute Gasteiger partial charge is 0.480 e. The standard InChI is InChI=1S/C28H36N2O6.C3H8O.C2H6O.C2H6.CH3NO3/c1-4-36-28(34)25-17-21-13-15-23(35-3)16-14-22(21)18-30(25)26(31)19(2)29-24(27(32)33)12-8-11-20-9-6-5-7-10-20;1-3-4-2;1-3-2;1-2;1-5-2(3)4/h5-7,9-10,13-16,19,23-25,29H,4,8,11-12,17-18H2,1-3H3,(H,32,33);3H2,1-2H3;1-2H3;1-2H3;1H3. The number of nitrogens with zero attached hydrogens (tertiary/aromatic N) is 2. The minimum Gasteiger partial charge on any atom is -0.480 e. The number of hydrogen-bond donors (Lipinski definition) is 2. The molecule has 0 aromatic heterocycles. The summed E-state index contributed by atoms with van der Waals surface area (Å²) in [5, 5.41) is 20.8. The molecule has 0 saturated carbocycles. The van der Waals surface area contributed by atoms with Gasteiger partial charge in [0.2, 0.25) is 5.91 Å².